The molecule has 132 valence electrons. The minimum atomic E-state index is -0.495. The molecule has 0 unspecified atom stereocenters. The van der Waals surface area contributed by atoms with Gasteiger partial charge in [-0.1, -0.05) is 29.8 Å². The molecular formula is C19H18N4O3. The molecule has 3 aromatic rings. The zero-order valence-corrected chi connectivity index (χ0v) is 14.7. The number of nitrogens with one attached hydrogen (secondary N) is 1. The van der Waals surface area contributed by atoms with Gasteiger partial charge in [-0.2, -0.15) is 0 Å². The van der Waals surface area contributed by atoms with E-state index in [2.05, 4.69) is 10.1 Å². The Labute approximate surface area is 149 Å². The number of benzene rings is 2. The molecule has 0 spiro atoms. The van der Waals surface area contributed by atoms with Crippen molar-refractivity contribution in [3.63, 3.8) is 0 Å². The first-order valence-electron chi connectivity index (χ1n) is 8.05. The summed E-state index contributed by atoms with van der Waals surface area (Å²) in [7, 11) is 0. The Morgan fingerprint density at radius 3 is 2.58 bits per heavy atom. The van der Waals surface area contributed by atoms with Crippen molar-refractivity contribution < 1.29 is 4.92 Å². The number of aromatic nitrogens is 2. The molecule has 2 aromatic carbocycles. The molecule has 0 saturated carbocycles. The summed E-state index contributed by atoms with van der Waals surface area (Å²) in [6.07, 6.45) is 1.37. The van der Waals surface area contributed by atoms with Crippen LogP contribution in [0.4, 0.5) is 11.4 Å². The van der Waals surface area contributed by atoms with E-state index >= 15 is 0 Å². The fraction of sp³-hybridized carbons (Fsp3) is 0.158. The predicted molar refractivity (Wildman–Crippen MR) is 101 cm³/mol. The van der Waals surface area contributed by atoms with E-state index in [1.54, 1.807) is 25.1 Å². The normalized spacial score (nSPS) is 11.2. The summed E-state index contributed by atoms with van der Waals surface area (Å²) >= 11 is 0. The first-order chi connectivity index (χ1) is 12.4. The van der Waals surface area contributed by atoms with E-state index < -0.39 is 4.92 Å². The Morgan fingerprint density at radius 1 is 1.15 bits per heavy atom. The molecule has 0 aliphatic rings. The molecule has 0 atom stereocenters. The number of nitro benzene ring substituents is 1. The van der Waals surface area contributed by atoms with Crippen molar-refractivity contribution in [1.82, 2.24) is 9.78 Å². The molecule has 7 heteroatoms. The summed E-state index contributed by atoms with van der Waals surface area (Å²) in [4.78, 5) is 27.5. The SMILES string of the molecule is Cc1ccc(-n2[nH]c(C)c(C=Nc3ccccc3[N+](=O)[O-])c2=O)c(C)c1. The van der Waals surface area contributed by atoms with E-state index in [9.17, 15) is 14.9 Å². The Bertz CT molecular complexity index is 1080. The number of hydrogen-bond acceptors (Lipinski definition) is 4. The van der Waals surface area contributed by atoms with E-state index in [1.807, 2.05) is 32.0 Å². The van der Waals surface area contributed by atoms with Crippen molar-refractivity contribution in [2.75, 3.05) is 0 Å². The van der Waals surface area contributed by atoms with E-state index in [0.29, 0.717) is 11.3 Å². The number of aliphatic imine (C=N–C) groups is 1. The third kappa shape index (κ3) is 3.19. The number of hydrogen-bond donors (Lipinski definition) is 1. The summed E-state index contributed by atoms with van der Waals surface area (Å²) in [5.74, 6) is 0. The summed E-state index contributed by atoms with van der Waals surface area (Å²) in [6, 6.07) is 12.0. The lowest BCUT2D eigenvalue weighted by Gasteiger charge is -2.06. The highest BCUT2D eigenvalue weighted by atomic mass is 16.6. The largest absolute Gasteiger partial charge is 0.295 e. The average Bonchev–Trinajstić information content (AvgIpc) is 2.87. The van der Waals surface area contributed by atoms with Crippen LogP contribution in [0.15, 0.2) is 52.3 Å². The minimum Gasteiger partial charge on any atom is -0.295 e. The molecule has 0 aliphatic carbocycles. The van der Waals surface area contributed by atoms with Crippen LogP contribution >= 0.6 is 0 Å². The van der Waals surface area contributed by atoms with Crippen LogP contribution < -0.4 is 5.56 Å². The van der Waals surface area contributed by atoms with Gasteiger partial charge in [-0.3, -0.25) is 20.0 Å². The molecule has 7 nitrogen and oxygen atoms in total. The first kappa shape index (κ1) is 17.3. The number of rotatable bonds is 4. The number of aromatic amines is 1. The highest BCUT2D eigenvalue weighted by Gasteiger charge is 2.14. The maximum absolute atomic E-state index is 12.8. The summed E-state index contributed by atoms with van der Waals surface area (Å²) in [6.45, 7) is 5.69. The quantitative estimate of drug-likeness (QED) is 0.441. The molecular weight excluding hydrogens is 332 g/mol. The van der Waals surface area contributed by atoms with E-state index in [-0.39, 0.29) is 16.9 Å². The van der Waals surface area contributed by atoms with Crippen molar-refractivity contribution in [2.24, 2.45) is 4.99 Å². The Kier molecular flexibility index (Phi) is 4.53. The van der Waals surface area contributed by atoms with Crippen molar-refractivity contribution in [3.8, 4) is 5.69 Å². The highest BCUT2D eigenvalue weighted by molar-refractivity contribution is 5.84. The maximum atomic E-state index is 12.8. The topological polar surface area (TPSA) is 93.3 Å². The molecule has 0 fully saturated rings. The van der Waals surface area contributed by atoms with Crippen LogP contribution in [0.1, 0.15) is 22.4 Å². The lowest BCUT2D eigenvalue weighted by Crippen LogP contribution is -2.18. The van der Waals surface area contributed by atoms with Gasteiger partial charge in [-0.05, 0) is 38.5 Å². The second-order valence-corrected chi connectivity index (χ2v) is 6.09. The van der Waals surface area contributed by atoms with Gasteiger partial charge in [0.1, 0.15) is 5.69 Å². The van der Waals surface area contributed by atoms with Crippen LogP contribution in [0.2, 0.25) is 0 Å². The van der Waals surface area contributed by atoms with Crippen molar-refractivity contribution in [1.29, 1.82) is 0 Å². The lowest BCUT2D eigenvalue weighted by molar-refractivity contribution is -0.384. The van der Waals surface area contributed by atoms with E-state index in [1.165, 1.54) is 17.0 Å². The lowest BCUT2D eigenvalue weighted by atomic mass is 10.1. The summed E-state index contributed by atoms with van der Waals surface area (Å²) in [5, 5.41) is 14.1. The van der Waals surface area contributed by atoms with Gasteiger partial charge in [-0.15, -0.1) is 0 Å². The molecule has 1 aromatic heterocycles. The van der Waals surface area contributed by atoms with Gasteiger partial charge in [0.05, 0.1) is 16.2 Å². The third-order valence-electron chi connectivity index (χ3n) is 4.12. The zero-order valence-electron chi connectivity index (χ0n) is 14.7. The molecule has 0 amide bonds. The van der Waals surface area contributed by atoms with Crippen LogP contribution in [0.25, 0.3) is 5.69 Å². The molecule has 1 N–H and O–H groups in total. The summed E-state index contributed by atoms with van der Waals surface area (Å²) in [5.41, 5.74) is 3.68. The molecule has 0 aliphatic heterocycles. The molecule has 3 rings (SSSR count). The number of para-hydroxylation sites is 2. The summed E-state index contributed by atoms with van der Waals surface area (Å²) < 4.78 is 1.46. The van der Waals surface area contributed by atoms with Crippen LogP contribution in [-0.2, 0) is 0 Å². The fourth-order valence-electron chi connectivity index (χ4n) is 2.80. The van der Waals surface area contributed by atoms with Crippen molar-refractivity contribution >= 4 is 17.6 Å². The zero-order chi connectivity index (χ0) is 18.8. The van der Waals surface area contributed by atoms with E-state index in [0.717, 1.165) is 16.8 Å². The number of nitrogens with zero attached hydrogens (tertiary/aromatic N) is 3. The second kappa shape index (κ2) is 6.79. The van der Waals surface area contributed by atoms with Crippen LogP contribution in [-0.4, -0.2) is 20.9 Å². The van der Waals surface area contributed by atoms with Crippen LogP contribution in [0.3, 0.4) is 0 Å². The second-order valence-electron chi connectivity index (χ2n) is 6.09. The van der Waals surface area contributed by atoms with Crippen molar-refractivity contribution in [2.45, 2.75) is 20.8 Å². The predicted octanol–water partition coefficient (Wildman–Crippen LogP) is 3.75. The van der Waals surface area contributed by atoms with Crippen molar-refractivity contribution in [3.05, 3.63) is 85.3 Å². The monoisotopic (exact) mass is 350 g/mol. The first-order valence-corrected chi connectivity index (χ1v) is 8.05. The number of H-pyrrole nitrogens is 1. The Balaban J connectivity index is 2.05. The van der Waals surface area contributed by atoms with Gasteiger partial charge < -0.3 is 0 Å². The molecule has 0 bridgehead atoms. The molecule has 26 heavy (non-hydrogen) atoms. The molecule has 1 heterocycles. The fourth-order valence-corrected chi connectivity index (χ4v) is 2.80. The van der Waals surface area contributed by atoms with Gasteiger partial charge in [0.2, 0.25) is 0 Å². The molecule has 0 saturated heterocycles. The maximum Gasteiger partial charge on any atom is 0.294 e. The smallest absolute Gasteiger partial charge is 0.294 e. The Morgan fingerprint density at radius 2 is 1.88 bits per heavy atom. The van der Waals surface area contributed by atoms with Gasteiger partial charge in [0.25, 0.3) is 11.2 Å². The number of nitro groups is 1. The standard InChI is InChI=1S/C19H18N4O3/c1-12-8-9-17(13(2)10-12)22-19(24)15(14(3)21-22)11-20-16-6-4-5-7-18(16)23(25)26/h4-11,21H,1-3H3. The van der Waals surface area contributed by atoms with Crippen LogP contribution in [0, 0.1) is 30.9 Å². The number of aryl methyl sites for hydroxylation is 3. The van der Waals surface area contributed by atoms with Crippen LogP contribution in [0.5, 0.6) is 0 Å². The van der Waals surface area contributed by atoms with Gasteiger partial charge in [-0.25, -0.2) is 9.67 Å². The van der Waals surface area contributed by atoms with Gasteiger partial charge in [0, 0.05) is 18.0 Å². The molecule has 0 radical (unpaired) electrons. The average molecular weight is 350 g/mol. The highest BCUT2D eigenvalue weighted by Crippen LogP contribution is 2.26. The van der Waals surface area contributed by atoms with E-state index in [4.69, 9.17) is 0 Å². The third-order valence-corrected chi connectivity index (χ3v) is 4.12. The van der Waals surface area contributed by atoms with Gasteiger partial charge >= 0.3 is 0 Å². The van der Waals surface area contributed by atoms with Gasteiger partial charge in [0.15, 0.2) is 0 Å². The minimum absolute atomic E-state index is 0.105. The Hall–Kier alpha value is -3.48.